The standard InChI is InChI=1S/C19H22N2O3/c22-18(24-14-15-4-2-1-3-5-15)21-11-8-19(9-12-21)16-7-13-23-17(16)6-10-20-19/h1-5,7,13,20H,6,8-12,14H2. The van der Waals surface area contributed by atoms with Crippen molar-refractivity contribution in [2.24, 2.45) is 0 Å². The van der Waals surface area contributed by atoms with Crippen LogP contribution in [0.15, 0.2) is 47.1 Å². The van der Waals surface area contributed by atoms with Crippen LogP contribution in [0.2, 0.25) is 0 Å². The Balaban J connectivity index is 1.36. The van der Waals surface area contributed by atoms with Gasteiger partial charge in [0, 0.05) is 31.6 Å². The van der Waals surface area contributed by atoms with E-state index in [-0.39, 0.29) is 11.6 Å². The van der Waals surface area contributed by atoms with Crippen molar-refractivity contribution in [1.82, 2.24) is 10.2 Å². The van der Waals surface area contributed by atoms with Crippen LogP contribution in [-0.2, 0) is 23.3 Å². The minimum atomic E-state index is -0.225. The highest BCUT2D eigenvalue weighted by atomic mass is 16.6. The molecule has 1 saturated heterocycles. The number of ether oxygens (including phenoxy) is 1. The molecule has 24 heavy (non-hydrogen) atoms. The summed E-state index contributed by atoms with van der Waals surface area (Å²) in [4.78, 5) is 14.1. The topological polar surface area (TPSA) is 54.7 Å². The van der Waals surface area contributed by atoms with Gasteiger partial charge >= 0.3 is 6.09 Å². The van der Waals surface area contributed by atoms with Gasteiger partial charge in [0.2, 0.25) is 0 Å². The first kappa shape index (κ1) is 15.3. The number of benzene rings is 1. The van der Waals surface area contributed by atoms with Gasteiger partial charge in [0.05, 0.1) is 11.8 Å². The monoisotopic (exact) mass is 326 g/mol. The predicted octanol–water partition coefficient (Wildman–Crippen LogP) is 3.05. The second-order valence-electron chi connectivity index (χ2n) is 6.54. The van der Waals surface area contributed by atoms with Crippen molar-refractivity contribution in [2.45, 2.75) is 31.4 Å². The van der Waals surface area contributed by atoms with Crippen LogP contribution in [0.25, 0.3) is 0 Å². The van der Waals surface area contributed by atoms with E-state index >= 15 is 0 Å². The molecule has 2 aromatic rings. The van der Waals surface area contributed by atoms with Gasteiger partial charge in [-0.25, -0.2) is 4.79 Å². The number of carbonyl (C=O) groups excluding carboxylic acids is 1. The fourth-order valence-corrected chi connectivity index (χ4v) is 3.80. The number of nitrogens with zero attached hydrogens (tertiary/aromatic N) is 1. The van der Waals surface area contributed by atoms with Gasteiger partial charge in [-0.15, -0.1) is 0 Å². The van der Waals surface area contributed by atoms with E-state index in [1.165, 1.54) is 5.56 Å². The van der Waals surface area contributed by atoms with Crippen molar-refractivity contribution >= 4 is 6.09 Å². The molecular formula is C19H22N2O3. The molecule has 0 atom stereocenters. The largest absolute Gasteiger partial charge is 0.469 e. The number of nitrogens with one attached hydrogen (secondary N) is 1. The number of hydrogen-bond acceptors (Lipinski definition) is 4. The summed E-state index contributed by atoms with van der Waals surface area (Å²) in [6, 6.07) is 11.9. The Morgan fingerprint density at radius 2 is 2.00 bits per heavy atom. The quantitative estimate of drug-likeness (QED) is 0.921. The van der Waals surface area contributed by atoms with Crippen molar-refractivity contribution < 1.29 is 13.9 Å². The molecule has 1 amide bonds. The zero-order valence-electron chi connectivity index (χ0n) is 13.7. The minimum Gasteiger partial charge on any atom is -0.469 e. The molecule has 1 aromatic heterocycles. The van der Waals surface area contributed by atoms with E-state index in [0.717, 1.165) is 37.1 Å². The Kier molecular flexibility index (Phi) is 4.02. The highest BCUT2D eigenvalue weighted by Crippen LogP contribution is 2.38. The molecule has 0 radical (unpaired) electrons. The third-order valence-electron chi connectivity index (χ3n) is 5.16. The summed E-state index contributed by atoms with van der Waals surface area (Å²) in [6.45, 7) is 2.65. The van der Waals surface area contributed by atoms with Crippen LogP contribution in [0, 0.1) is 0 Å². The molecule has 1 aromatic carbocycles. The third-order valence-corrected chi connectivity index (χ3v) is 5.16. The molecule has 2 aliphatic rings. The highest BCUT2D eigenvalue weighted by molar-refractivity contribution is 5.67. The predicted molar refractivity (Wildman–Crippen MR) is 89.5 cm³/mol. The van der Waals surface area contributed by atoms with Crippen molar-refractivity contribution in [1.29, 1.82) is 0 Å². The summed E-state index contributed by atoms with van der Waals surface area (Å²) in [5, 5.41) is 3.66. The molecule has 0 unspecified atom stereocenters. The number of piperidine rings is 1. The summed E-state index contributed by atoms with van der Waals surface area (Å²) in [7, 11) is 0. The number of amides is 1. The Labute approximate surface area is 141 Å². The van der Waals surface area contributed by atoms with E-state index in [1.54, 1.807) is 6.26 Å². The average molecular weight is 326 g/mol. The van der Waals surface area contributed by atoms with Crippen LogP contribution in [0.5, 0.6) is 0 Å². The summed E-state index contributed by atoms with van der Waals surface area (Å²) in [5.74, 6) is 1.09. The molecule has 0 saturated carbocycles. The molecule has 1 fully saturated rings. The van der Waals surface area contributed by atoms with E-state index in [2.05, 4.69) is 11.4 Å². The minimum absolute atomic E-state index is 0.0448. The van der Waals surface area contributed by atoms with Gasteiger partial charge in [0.25, 0.3) is 0 Å². The summed E-state index contributed by atoms with van der Waals surface area (Å²) >= 11 is 0. The van der Waals surface area contributed by atoms with Crippen LogP contribution in [0.4, 0.5) is 4.79 Å². The lowest BCUT2D eigenvalue weighted by Crippen LogP contribution is -2.54. The average Bonchev–Trinajstić information content (AvgIpc) is 3.12. The third kappa shape index (κ3) is 2.80. The molecule has 1 N–H and O–H groups in total. The molecule has 3 heterocycles. The number of rotatable bonds is 2. The van der Waals surface area contributed by atoms with E-state index in [9.17, 15) is 4.79 Å². The van der Waals surface area contributed by atoms with E-state index in [0.29, 0.717) is 19.7 Å². The van der Waals surface area contributed by atoms with Gasteiger partial charge in [-0.2, -0.15) is 0 Å². The zero-order valence-corrected chi connectivity index (χ0v) is 13.7. The van der Waals surface area contributed by atoms with Crippen molar-refractivity contribution in [2.75, 3.05) is 19.6 Å². The van der Waals surface area contributed by atoms with Gasteiger partial charge < -0.3 is 19.4 Å². The van der Waals surface area contributed by atoms with Crippen LogP contribution >= 0.6 is 0 Å². The Bertz CT molecular complexity index is 702. The number of furan rings is 1. The smallest absolute Gasteiger partial charge is 0.410 e. The first-order chi connectivity index (χ1) is 11.8. The number of hydrogen-bond donors (Lipinski definition) is 1. The Morgan fingerprint density at radius 3 is 2.79 bits per heavy atom. The molecular weight excluding hydrogens is 304 g/mol. The van der Waals surface area contributed by atoms with Crippen LogP contribution in [0.1, 0.15) is 29.7 Å². The molecule has 2 aliphatic heterocycles. The fourth-order valence-electron chi connectivity index (χ4n) is 3.80. The second-order valence-corrected chi connectivity index (χ2v) is 6.54. The lowest BCUT2D eigenvalue weighted by Gasteiger charge is -2.44. The van der Waals surface area contributed by atoms with Gasteiger partial charge in [0.15, 0.2) is 0 Å². The maximum atomic E-state index is 12.3. The van der Waals surface area contributed by atoms with E-state index in [4.69, 9.17) is 9.15 Å². The zero-order chi connectivity index (χ0) is 16.4. The summed E-state index contributed by atoms with van der Waals surface area (Å²) in [5.41, 5.74) is 2.24. The maximum Gasteiger partial charge on any atom is 0.410 e. The molecule has 5 nitrogen and oxygen atoms in total. The summed E-state index contributed by atoms with van der Waals surface area (Å²) in [6.07, 6.45) is 4.27. The number of carbonyl (C=O) groups is 1. The van der Waals surface area contributed by atoms with Crippen molar-refractivity contribution in [3.8, 4) is 0 Å². The second kappa shape index (κ2) is 6.32. The van der Waals surface area contributed by atoms with Gasteiger partial charge in [0.1, 0.15) is 12.4 Å². The highest BCUT2D eigenvalue weighted by Gasteiger charge is 2.41. The lowest BCUT2D eigenvalue weighted by atomic mass is 9.78. The van der Waals surface area contributed by atoms with Crippen LogP contribution in [-0.4, -0.2) is 30.6 Å². The maximum absolute atomic E-state index is 12.3. The van der Waals surface area contributed by atoms with Gasteiger partial charge in [-0.05, 0) is 24.5 Å². The lowest BCUT2D eigenvalue weighted by molar-refractivity contribution is 0.0699. The number of fused-ring (bicyclic) bond motifs is 2. The molecule has 1 spiro atoms. The van der Waals surface area contributed by atoms with E-state index in [1.807, 2.05) is 35.2 Å². The molecule has 4 rings (SSSR count). The SMILES string of the molecule is O=C(OCc1ccccc1)N1CCC2(CC1)NCCc1occc12. The van der Waals surface area contributed by atoms with Crippen molar-refractivity contribution in [3.63, 3.8) is 0 Å². The first-order valence-corrected chi connectivity index (χ1v) is 8.54. The Morgan fingerprint density at radius 1 is 1.21 bits per heavy atom. The summed E-state index contributed by atoms with van der Waals surface area (Å²) < 4.78 is 11.0. The van der Waals surface area contributed by atoms with Crippen molar-refractivity contribution in [3.05, 3.63) is 59.5 Å². The van der Waals surface area contributed by atoms with Gasteiger partial charge in [-0.3, -0.25) is 0 Å². The van der Waals surface area contributed by atoms with E-state index < -0.39 is 0 Å². The van der Waals surface area contributed by atoms with Gasteiger partial charge in [-0.1, -0.05) is 30.3 Å². The Hall–Kier alpha value is -2.27. The fraction of sp³-hybridized carbons (Fsp3) is 0.421. The molecule has 0 bridgehead atoms. The number of likely N-dealkylation sites (tertiary alicyclic amines) is 1. The normalized spacial score (nSPS) is 19.1. The first-order valence-electron chi connectivity index (χ1n) is 8.54. The van der Waals surface area contributed by atoms with Crippen LogP contribution < -0.4 is 5.32 Å². The van der Waals surface area contributed by atoms with Crippen LogP contribution in [0.3, 0.4) is 0 Å². The molecule has 126 valence electrons. The molecule has 0 aliphatic carbocycles. The molecule has 5 heteroatoms.